The Balaban J connectivity index is 1.92. The van der Waals surface area contributed by atoms with E-state index >= 15 is 0 Å². The molecule has 0 heterocycles. The fraction of sp³-hybridized carbons (Fsp3) is 0.923. The van der Waals surface area contributed by atoms with Crippen LogP contribution >= 0.6 is 0 Å². The molecule has 17 heavy (non-hydrogen) atoms. The highest BCUT2D eigenvalue weighted by Crippen LogP contribution is 2.28. The van der Waals surface area contributed by atoms with Crippen molar-refractivity contribution in [2.24, 2.45) is 11.7 Å². The first-order chi connectivity index (χ1) is 8.24. The first-order valence-electron chi connectivity index (χ1n) is 6.76. The SMILES string of the molecule is CN(CCOCC1CC1)C(=O)CCCCCN. The van der Waals surface area contributed by atoms with Crippen molar-refractivity contribution < 1.29 is 9.53 Å². The van der Waals surface area contributed by atoms with Crippen LogP contribution in [0.1, 0.15) is 38.5 Å². The molecule has 1 rings (SSSR count). The summed E-state index contributed by atoms with van der Waals surface area (Å²) in [5.41, 5.74) is 5.40. The molecule has 1 aliphatic rings. The van der Waals surface area contributed by atoms with Gasteiger partial charge < -0.3 is 15.4 Å². The van der Waals surface area contributed by atoms with E-state index in [1.165, 1.54) is 12.8 Å². The molecule has 1 saturated carbocycles. The van der Waals surface area contributed by atoms with Crippen LogP contribution in [0.4, 0.5) is 0 Å². The van der Waals surface area contributed by atoms with Crippen LogP contribution in [0.2, 0.25) is 0 Å². The van der Waals surface area contributed by atoms with E-state index in [0.717, 1.165) is 38.3 Å². The lowest BCUT2D eigenvalue weighted by atomic mass is 10.2. The summed E-state index contributed by atoms with van der Waals surface area (Å²) >= 11 is 0. The topological polar surface area (TPSA) is 55.6 Å². The van der Waals surface area contributed by atoms with Gasteiger partial charge in [0.05, 0.1) is 6.61 Å². The maximum Gasteiger partial charge on any atom is 0.222 e. The molecule has 4 heteroatoms. The Morgan fingerprint density at radius 2 is 2.12 bits per heavy atom. The highest BCUT2D eigenvalue weighted by atomic mass is 16.5. The molecular weight excluding hydrogens is 216 g/mol. The Hall–Kier alpha value is -0.610. The van der Waals surface area contributed by atoms with E-state index in [1.54, 1.807) is 4.90 Å². The second kappa shape index (κ2) is 8.48. The number of unbranched alkanes of at least 4 members (excludes halogenated alkanes) is 2. The number of carbonyl (C=O) groups is 1. The van der Waals surface area contributed by atoms with E-state index in [2.05, 4.69) is 0 Å². The molecule has 0 unspecified atom stereocenters. The lowest BCUT2D eigenvalue weighted by Crippen LogP contribution is -2.30. The monoisotopic (exact) mass is 242 g/mol. The van der Waals surface area contributed by atoms with Crippen LogP contribution in [0, 0.1) is 5.92 Å². The van der Waals surface area contributed by atoms with E-state index in [0.29, 0.717) is 19.6 Å². The summed E-state index contributed by atoms with van der Waals surface area (Å²) in [5, 5.41) is 0. The van der Waals surface area contributed by atoms with Gasteiger partial charge in [0, 0.05) is 26.6 Å². The van der Waals surface area contributed by atoms with Crippen molar-refractivity contribution in [3.63, 3.8) is 0 Å². The van der Waals surface area contributed by atoms with Gasteiger partial charge >= 0.3 is 0 Å². The predicted molar refractivity (Wildman–Crippen MR) is 68.7 cm³/mol. The zero-order chi connectivity index (χ0) is 12.5. The third-order valence-electron chi connectivity index (χ3n) is 3.14. The summed E-state index contributed by atoms with van der Waals surface area (Å²) in [6, 6.07) is 0. The largest absolute Gasteiger partial charge is 0.379 e. The van der Waals surface area contributed by atoms with Crippen molar-refractivity contribution in [2.75, 3.05) is 33.4 Å². The molecule has 1 amide bonds. The zero-order valence-electron chi connectivity index (χ0n) is 11.0. The number of likely N-dealkylation sites (N-methyl/N-ethyl adjacent to an activating group) is 1. The minimum Gasteiger partial charge on any atom is -0.379 e. The second-order valence-electron chi connectivity index (χ2n) is 4.93. The highest BCUT2D eigenvalue weighted by Gasteiger charge is 2.21. The molecular formula is C13H26N2O2. The van der Waals surface area contributed by atoms with Crippen molar-refractivity contribution in [3.05, 3.63) is 0 Å². The molecule has 1 fully saturated rings. The number of rotatable bonds is 10. The number of hydrogen-bond acceptors (Lipinski definition) is 3. The summed E-state index contributed by atoms with van der Waals surface area (Å²) in [7, 11) is 1.85. The van der Waals surface area contributed by atoms with Gasteiger partial charge in [0.15, 0.2) is 0 Å². The maximum atomic E-state index is 11.7. The van der Waals surface area contributed by atoms with Crippen LogP contribution in [-0.2, 0) is 9.53 Å². The fourth-order valence-corrected chi connectivity index (χ4v) is 1.65. The van der Waals surface area contributed by atoms with Crippen LogP contribution in [0.15, 0.2) is 0 Å². The first kappa shape index (κ1) is 14.5. The third-order valence-corrected chi connectivity index (χ3v) is 3.14. The van der Waals surface area contributed by atoms with Gasteiger partial charge in [-0.05, 0) is 38.1 Å². The van der Waals surface area contributed by atoms with Crippen LogP contribution in [0.3, 0.4) is 0 Å². The Kier molecular flexibility index (Phi) is 7.21. The molecule has 100 valence electrons. The Morgan fingerprint density at radius 3 is 2.76 bits per heavy atom. The fourth-order valence-electron chi connectivity index (χ4n) is 1.65. The minimum absolute atomic E-state index is 0.219. The lowest BCUT2D eigenvalue weighted by molar-refractivity contribution is -0.130. The normalized spacial score (nSPS) is 14.9. The minimum atomic E-state index is 0.219. The molecule has 0 radical (unpaired) electrons. The summed E-state index contributed by atoms with van der Waals surface area (Å²) in [6.45, 7) is 2.97. The maximum absolute atomic E-state index is 11.7. The van der Waals surface area contributed by atoms with Crippen molar-refractivity contribution in [1.82, 2.24) is 4.90 Å². The number of hydrogen-bond donors (Lipinski definition) is 1. The van der Waals surface area contributed by atoms with Crippen molar-refractivity contribution in [3.8, 4) is 0 Å². The zero-order valence-corrected chi connectivity index (χ0v) is 11.0. The standard InChI is InChI=1S/C13H26N2O2/c1-15(9-10-17-11-12-6-7-12)13(16)5-3-2-4-8-14/h12H,2-11,14H2,1H3. The van der Waals surface area contributed by atoms with Gasteiger partial charge in [-0.25, -0.2) is 0 Å². The number of carbonyl (C=O) groups excluding carboxylic acids is 1. The Morgan fingerprint density at radius 1 is 1.35 bits per heavy atom. The average Bonchev–Trinajstić information content (AvgIpc) is 3.13. The molecule has 0 spiro atoms. The van der Waals surface area contributed by atoms with E-state index in [1.807, 2.05) is 7.05 Å². The van der Waals surface area contributed by atoms with E-state index in [4.69, 9.17) is 10.5 Å². The lowest BCUT2D eigenvalue weighted by Gasteiger charge is -2.17. The van der Waals surface area contributed by atoms with Gasteiger partial charge in [-0.3, -0.25) is 4.79 Å². The third kappa shape index (κ3) is 7.34. The predicted octanol–water partition coefficient (Wildman–Crippen LogP) is 1.39. The highest BCUT2D eigenvalue weighted by molar-refractivity contribution is 5.75. The molecule has 0 saturated heterocycles. The molecule has 0 atom stereocenters. The number of amides is 1. The molecule has 2 N–H and O–H groups in total. The molecule has 0 aromatic heterocycles. The van der Waals surface area contributed by atoms with Gasteiger partial charge in [0.1, 0.15) is 0 Å². The first-order valence-corrected chi connectivity index (χ1v) is 6.76. The van der Waals surface area contributed by atoms with Crippen molar-refractivity contribution in [2.45, 2.75) is 38.5 Å². The van der Waals surface area contributed by atoms with E-state index < -0.39 is 0 Å². The van der Waals surface area contributed by atoms with Gasteiger partial charge in [-0.1, -0.05) is 6.42 Å². The van der Waals surface area contributed by atoms with Crippen LogP contribution in [-0.4, -0.2) is 44.2 Å². The van der Waals surface area contributed by atoms with Crippen LogP contribution in [0.5, 0.6) is 0 Å². The molecule has 0 aromatic rings. The quantitative estimate of drug-likeness (QED) is 0.589. The van der Waals surface area contributed by atoms with Gasteiger partial charge in [-0.15, -0.1) is 0 Å². The number of nitrogens with zero attached hydrogens (tertiary/aromatic N) is 1. The summed E-state index contributed by atoms with van der Waals surface area (Å²) in [4.78, 5) is 13.5. The van der Waals surface area contributed by atoms with Gasteiger partial charge in [0.2, 0.25) is 5.91 Å². The summed E-state index contributed by atoms with van der Waals surface area (Å²) in [5.74, 6) is 1.02. The van der Waals surface area contributed by atoms with Crippen molar-refractivity contribution >= 4 is 5.91 Å². The average molecular weight is 242 g/mol. The molecule has 0 bridgehead atoms. The molecule has 0 aliphatic heterocycles. The molecule has 1 aliphatic carbocycles. The van der Waals surface area contributed by atoms with E-state index in [9.17, 15) is 4.79 Å². The summed E-state index contributed by atoms with van der Waals surface area (Å²) in [6.07, 6.45) is 6.28. The Labute approximate surface area is 104 Å². The molecule has 4 nitrogen and oxygen atoms in total. The van der Waals surface area contributed by atoms with Crippen molar-refractivity contribution in [1.29, 1.82) is 0 Å². The Bertz CT molecular complexity index is 217. The molecule has 0 aromatic carbocycles. The number of ether oxygens (including phenoxy) is 1. The van der Waals surface area contributed by atoms with Crippen LogP contribution in [0.25, 0.3) is 0 Å². The van der Waals surface area contributed by atoms with Gasteiger partial charge in [0.25, 0.3) is 0 Å². The summed E-state index contributed by atoms with van der Waals surface area (Å²) < 4.78 is 5.51. The number of nitrogens with two attached hydrogens (primary N) is 1. The second-order valence-corrected chi connectivity index (χ2v) is 4.93. The smallest absolute Gasteiger partial charge is 0.222 e. The van der Waals surface area contributed by atoms with Crippen LogP contribution < -0.4 is 5.73 Å². The van der Waals surface area contributed by atoms with Gasteiger partial charge in [-0.2, -0.15) is 0 Å². The van der Waals surface area contributed by atoms with E-state index in [-0.39, 0.29) is 5.91 Å².